The average Bonchev–Trinajstić information content (AvgIpc) is 2.41. The van der Waals surface area contributed by atoms with Crippen molar-refractivity contribution < 1.29 is 9.84 Å². The highest BCUT2D eigenvalue weighted by Gasteiger charge is 2.46. The predicted octanol–water partition coefficient (Wildman–Crippen LogP) is 2.49. The third kappa shape index (κ3) is 2.28. The van der Waals surface area contributed by atoms with Gasteiger partial charge in [0, 0.05) is 12.1 Å². The SMILES string of the molecule is CC(C)c1ccccc1C1(O)CC2COCC(C1)N2C. The number of ether oxygens (including phenoxy) is 1. The molecule has 2 aliphatic rings. The zero-order valence-electron chi connectivity index (χ0n) is 12.7. The number of piperidine rings is 1. The maximum absolute atomic E-state index is 11.3. The van der Waals surface area contributed by atoms with Gasteiger partial charge < -0.3 is 9.84 Å². The minimum Gasteiger partial charge on any atom is -0.385 e. The fourth-order valence-electron chi connectivity index (χ4n) is 3.79. The molecule has 2 heterocycles. The van der Waals surface area contributed by atoms with E-state index in [-0.39, 0.29) is 0 Å². The van der Waals surface area contributed by atoms with Crippen LogP contribution in [0.5, 0.6) is 0 Å². The Labute approximate surface area is 121 Å². The van der Waals surface area contributed by atoms with Gasteiger partial charge >= 0.3 is 0 Å². The first-order chi connectivity index (χ1) is 9.51. The molecule has 3 heteroatoms. The van der Waals surface area contributed by atoms with Crippen molar-refractivity contribution in [1.82, 2.24) is 4.90 Å². The van der Waals surface area contributed by atoms with Gasteiger partial charge in [-0.05, 0) is 36.9 Å². The first-order valence-corrected chi connectivity index (χ1v) is 7.63. The Morgan fingerprint density at radius 3 is 2.40 bits per heavy atom. The van der Waals surface area contributed by atoms with Crippen LogP contribution in [0.25, 0.3) is 0 Å². The van der Waals surface area contributed by atoms with Gasteiger partial charge in [-0.1, -0.05) is 38.1 Å². The van der Waals surface area contributed by atoms with Crippen molar-refractivity contribution in [3.05, 3.63) is 35.4 Å². The maximum atomic E-state index is 11.3. The number of hydrogen-bond donors (Lipinski definition) is 1. The van der Waals surface area contributed by atoms with Crippen molar-refractivity contribution in [3.63, 3.8) is 0 Å². The van der Waals surface area contributed by atoms with Gasteiger partial charge in [0.15, 0.2) is 0 Å². The molecule has 2 bridgehead atoms. The summed E-state index contributed by atoms with van der Waals surface area (Å²) in [5.74, 6) is 0.436. The fourth-order valence-corrected chi connectivity index (χ4v) is 3.79. The van der Waals surface area contributed by atoms with E-state index >= 15 is 0 Å². The number of hydrogen-bond acceptors (Lipinski definition) is 3. The molecule has 3 rings (SSSR count). The van der Waals surface area contributed by atoms with Gasteiger partial charge in [0.2, 0.25) is 0 Å². The zero-order valence-corrected chi connectivity index (χ0v) is 12.7. The number of likely N-dealkylation sites (N-methyl/N-ethyl adjacent to an activating group) is 1. The Balaban J connectivity index is 1.97. The molecule has 2 unspecified atom stereocenters. The summed E-state index contributed by atoms with van der Waals surface area (Å²) in [6.07, 6.45) is 1.54. The summed E-state index contributed by atoms with van der Waals surface area (Å²) in [5.41, 5.74) is 1.70. The third-order valence-corrected chi connectivity index (χ3v) is 5.00. The molecule has 0 aliphatic carbocycles. The van der Waals surface area contributed by atoms with Gasteiger partial charge in [-0.3, -0.25) is 4.90 Å². The first kappa shape index (κ1) is 14.1. The molecular weight excluding hydrogens is 250 g/mol. The number of morpholine rings is 1. The molecular formula is C17H25NO2. The van der Waals surface area contributed by atoms with E-state index in [0.717, 1.165) is 31.6 Å². The molecule has 20 heavy (non-hydrogen) atoms. The average molecular weight is 275 g/mol. The number of aliphatic hydroxyl groups is 1. The number of nitrogens with zero attached hydrogens (tertiary/aromatic N) is 1. The summed E-state index contributed by atoms with van der Waals surface area (Å²) in [4.78, 5) is 2.38. The predicted molar refractivity (Wildman–Crippen MR) is 79.8 cm³/mol. The van der Waals surface area contributed by atoms with Crippen LogP contribution in [0.2, 0.25) is 0 Å². The number of rotatable bonds is 2. The molecule has 1 aromatic rings. The van der Waals surface area contributed by atoms with Gasteiger partial charge in [0.25, 0.3) is 0 Å². The van der Waals surface area contributed by atoms with E-state index in [9.17, 15) is 5.11 Å². The van der Waals surface area contributed by atoms with Crippen molar-refractivity contribution >= 4 is 0 Å². The molecule has 1 N–H and O–H groups in total. The molecule has 2 aliphatic heterocycles. The van der Waals surface area contributed by atoms with Crippen LogP contribution in [0.4, 0.5) is 0 Å². The molecule has 3 nitrogen and oxygen atoms in total. The standard InChI is InChI=1S/C17H25NO2/c1-12(2)15-6-4-5-7-16(15)17(19)8-13-10-20-11-14(9-17)18(13)3/h4-7,12-14,19H,8-11H2,1-3H3. The van der Waals surface area contributed by atoms with Gasteiger partial charge in [0.05, 0.1) is 18.8 Å². The van der Waals surface area contributed by atoms with Gasteiger partial charge in [-0.2, -0.15) is 0 Å². The smallest absolute Gasteiger partial charge is 0.0930 e. The van der Waals surface area contributed by atoms with Crippen LogP contribution in [0.3, 0.4) is 0 Å². The fraction of sp³-hybridized carbons (Fsp3) is 0.647. The Kier molecular flexibility index (Phi) is 3.61. The van der Waals surface area contributed by atoms with Crippen molar-refractivity contribution in [1.29, 1.82) is 0 Å². The maximum Gasteiger partial charge on any atom is 0.0930 e. The molecule has 0 saturated carbocycles. The van der Waals surface area contributed by atoms with E-state index in [1.807, 2.05) is 6.07 Å². The van der Waals surface area contributed by atoms with Crippen molar-refractivity contribution in [2.45, 2.75) is 50.3 Å². The molecule has 2 fully saturated rings. The highest BCUT2D eigenvalue weighted by molar-refractivity contribution is 5.35. The summed E-state index contributed by atoms with van der Waals surface area (Å²) in [5, 5.41) is 11.3. The highest BCUT2D eigenvalue weighted by atomic mass is 16.5. The number of fused-ring (bicyclic) bond motifs is 2. The van der Waals surface area contributed by atoms with Crippen LogP contribution in [0.1, 0.15) is 43.7 Å². The lowest BCUT2D eigenvalue weighted by Gasteiger charge is -2.50. The van der Waals surface area contributed by atoms with Crippen LogP contribution in [0, 0.1) is 0 Å². The monoisotopic (exact) mass is 275 g/mol. The van der Waals surface area contributed by atoms with Crippen LogP contribution < -0.4 is 0 Å². The molecule has 0 spiro atoms. The largest absolute Gasteiger partial charge is 0.385 e. The highest BCUT2D eigenvalue weighted by Crippen LogP contribution is 2.42. The summed E-state index contributed by atoms with van der Waals surface area (Å²) in [6.45, 7) is 5.86. The molecule has 0 radical (unpaired) electrons. The Morgan fingerprint density at radius 1 is 1.20 bits per heavy atom. The summed E-state index contributed by atoms with van der Waals surface area (Å²) in [6, 6.07) is 9.03. The van der Waals surface area contributed by atoms with E-state index in [2.05, 4.69) is 44.0 Å². The van der Waals surface area contributed by atoms with Crippen LogP contribution in [0.15, 0.2) is 24.3 Å². The normalized spacial score (nSPS) is 34.5. The molecule has 0 aromatic heterocycles. The van der Waals surface area contributed by atoms with Crippen molar-refractivity contribution in [2.75, 3.05) is 20.3 Å². The van der Waals surface area contributed by atoms with Crippen molar-refractivity contribution in [2.24, 2.45) is 0 Å². The van der Waals surface area contributed by atoms with Crippen LogP contribution in [-0.4, -0.2) is 42.4 Å². The summed E-state index contributed by atoms with van der Waals surface area (Å²) in [7, 11) is 2.16. The van der Waals surface area contributed by atoms with Crippen LogP contribution >= 0.6 is 0 Å². The molecule has 2 atom stereocenters. The van der Waals surface area contributed by atoms with E-state index in [0.29, 0.717) is 18.0 Å². The zero-order chi connectivity index (χ0) is 14.3. The second-order valence-electron chi connectivity index (χ2n) is 6.69. The lowest BCUT2D eigenvalue weighted by atomic mass is 9.74. The summed E-state index contributed by atoms with van der Waals surface area (Å²) >= 11 is 0. The van der Waals surface area contributed by atoms with E-state index < -0.39 is 5.60 Å². The molecule has 110 valence electrons. The lowest BCUT2D eigenvalue weighted by molar-refractivity contribution is -0.138. The van der Waals surface area contributed by atoms with Gasteiger partial charge in [-0.15, -0.1) is 0 Å². The minimum absolute atomic E-state index is 0.327. The van der Waals surface area contributed by atoms with E-state index in [1.54, 1.807) is 0 Å². The van der Waals surface area contributed by atoms with Gasteiger partial charge in [0.1, 0.15) is 0 Å². The van der Waals surface area contributed by atoms with Gasteiger partial charge in [-0.25, -0.2) is 0 Å². The third-order valence-electron chi connectivity index (χ3n) is 5.00. The van der Waals surface area contributed by atoms with E-state index in [1.165, 1.54) is 5.56 Å². The molecule has 1 aromatic carbocycles. The quantitative estimate of drug-likeness (QED) is 0.900. The Hall–Kier alpha value is -0.900. The molecule has 0 amide bonds. The lowest BCUT2D eigenvalue weighted by Crippen LogP contribution is -2.59. The number of benzene rings is 1. The van der Waals surface area contributed by atoms with Crippen molar-refractivity contribution in [3.8, 4) is 0 Å². The summed E-state index contributed by atoms with van der Waals surface area (Å²) < 4.78 is 5.66. The minimum atomic E-state index is -0.702. The Morgan fingerprint density at radius 2 is 1.80 bits per heavy atom. The second-order valence-corrected chi connectivity index (χ2v) is 6.69. The van der Waals surface area contributed by atoms with Crippen LogP contribution in [-0.2, 0) is 10.3 Å². The topological polar surface area (TPSA) is 32.7 Å². The second kappa shape index (κ2) is 5.14. The van der Waals surface area contributed by atoms with E-state index in [4.69, 9.17) is 4.74 Å². The first-order valence-electron chi connectivity index (χ1n) is 7.63. The molecule has 2 saturated heterocycles. The Bertz CT molecular complexity index is 472.